The SMILES string of the molecule is CCN1CCCC1CNC(=NC)NCc1cn(C)nc1C(F)(F)F. The highest BCUT2D eigenvalue weighted by atomic mass is 19.4. The molecular weight excluding hydrogens is 321 g/mol. The fourth-order valence-electron chi connectivity index (χ4n) is 3.06. The Balaban J connectivity index is 1.90. The predicted octanol–water partition coefficient (Wildman–Crippen LogP) is 1.59. The molecule has 0 spiro atoms. The van der Waals surface area contributed by atoms with Crippen LogP contribution in [-0.2, 0) is 19.8 Å². The summed E-state index contributed by atoms with van der Waals surface area (Å²) < 4.78 is 40.0. The number of likely N-dealkylation sites (tertiary alicyclic amines) is 1. The lowest BCUT2D eigenvalue weighted by molar-refractivity contribution is -0.142. The van der Waals surface area contributed by atoms with Crippen molar-refractivity contribution in [1.29, 1.82) is 0 Å². The second kappa shape index (κ2) is 7.87. The highest BCUT2D eigenvalue weighted by molar-refractivity contribution is 5.79. The normalized spacial score (nSPS) is 19.8. The Morgan fingerprint density at radius 2 is 2.17 bits per heavy atom. The van der Waals surface area contributed by atoms with Crippen molar-refractivity contribution >= 4 is 5.96 Å². The van der Waals surface area contributed by atoms with Crippen molar-refractivity contribution in [2.75, 3.05) is 26.7 Å². The third kappa shape index (κ3) is 4.62. The summed E-state index contributed by atoms with van der Waals surface area (Å²) in [5, 5.41) is 9.64. The number of alkyl halides is 3. The van der Waals surface area contributed by atoms with Gasteiger partial charge in [0.1, 0.15) is 0 Å². The Kier molecular flexibility index (Phi) is 6.09. The minimum atomic E-state index is -4.46. The van der Waals surface area contributed by atoms with Crippen LogP contribution < -0.4 is 10.6 Å². The van der Waals surface area contributed by atoms with Crippen LogP contribution in [0.1, 0.15) is 31.0 Å². The van der Waals surface area contributed by atoms with Gasteiger partial charge in [-0.2, -0.15) is 18.3 Å². The first-order valence-corrected chi connectivity index (χ1v) is 8.13. The highest BCUT2D eigenvalue weighted by Gasteiger charge is 2.36. The number of halogens is 3. The van der Waals surface area contributed by atoms with Crippen LogP contribution in [0.4, 0.5) is 13.2 Å². The van der Waals surface area contributed by atoms with Crippen LogP contribution in [0.25, 0.3) is 0 Å². The fourth-order valence-corrected chi connectivity index (χ4v) is 3.06. The molecule has 2 heterocycles. The average molecular weight is 346 g/mol. The third-order valence-electron chi connectivity index (χ3n) is 4.25. The van der Waals surface area contributed by atoms with Gasteiger partial charge < -0.3 is 10.6 Å². The molecule has 0 aliphatic carbocycles. The van der Waals surface area contributed by atoms with Gasteiger partial charge in [0.2, 0.25) is 0 Å². The lowest BCUT2D eigenvalue weighted by atomic mass is 10.2. The molecule has 1 aromatic rings. The van der Waals surface area contributed by atoms with Crippen LogP contribution in [0.15, 0.2) is 11.2 Å². The van der Waals surface area contributed by atoms with Crippen molar-refractivity contribution in [3.63, 3.8) is 0 Å². The van der Waals surface area contributed by atoms with Crippen molar-refractivity contribution in [3.05, 3.63) is 17.5 Å². The molecule has 1 fully saturated rings. The number of nitrogens with one attached hydrogen (secondary N) is 2. The molecule has 1 aromatic heterocycles. The van der Waals surface area contributed by atoms with E-state index in [0.29, 0.717) is 12.0 Å². The Hall–Kier alpha value is -1.77. The summed E-state index contributed by atoms with van der Waals surface area (Å²) >= 11 is 0. The molecule has 0 saturated carbocycles. The largest absolute Gasteiger partial charge is 0.435 e. The van der Waals surface area contributed by atoms with Gasteiger partial charge in [0.25, 0.3) is 0 Å². The quantitative estimate of drug-likeness (QED) is 0.628. The van der Waals surface area contributed by atoms with Crippen LogP contribution in [0.3, 0.4) is 0 Å². The minimum absolute atomic E-state index is 0.0184. The molecule has 24 heavy (non-hydrogen) atoms. The van der Waals surface area contributed by atoms with Crippen molar-refractivity contribution in [3.8, 4) is 0 Å². The summed E-state index contributed by atoms with van der Waals surface area (Å²) in [6.45, 7) is 4.98. The maximum Gasteiger partial charge on any atom is 0.435 e. The molecule has 2 rings (SSSR count). The van der Waals surface area contributed by atoms with E-state index in [0.717, 1.165) is 26.1 Å². The number of nitrogens with zero attached hydrogens (tertiary/aromatic N) is 4. The summed E-state index contributed by atoms with van der Waals surface area (Å²) in [5.41, 5.74) is -0.759. The summed E-state index contributed by atoms with van der Waals surface area (Å²) in [6.07, 6.45) is -0.783. The Labute approximate surface area is 140 Å². The third-order valence-corrected chi connectivity index (χ3v) is 4.25. The number of likely N-dealkylation sites (N-methyl/N-ethyl adjacent to an activating group) is 1. The first-order chi connectivity index (χ1) is 11.3. The van der Waals surface area contributed by atoms with Crippen molar-refractivity contribution in [1.82, 2.24) is 25.3 Å². The van der Waals surface area contributed by atoms with Crippen LogP contribution in [0.5, 0.6) is 0 Å². The number of hydrogen-bond donors (Lipinski definition) is 2. The van der Waals surface area contributed by atoms with E-state index < -0.39 is 11.9 Å². The monoisotopic (exact) mass is 346 g/mol. The van der Waals surface area contributed by atoms with Crippen LogP contribution in [-0.4, -0.2) is 53.4 Å². The van der Waals surface area contributed by atoms with Gasteiger partial charge in [-0.1, -0.05) is 6.92 Å². The number of rotatable bonds is 5. The van der Waals surface area contributed by atoms with E-state index in [-0.39, 0.29) is 12.1 Å². The number of aliphatic imine (C=N–C) groups is 1. The van der Waals surface area contributed by atoms with E-state index in [9.17, 15) is 13.2 Å². The second-order valence-electron chi connectivity index (χ2n) is 5.91. The maximum absolute atomic E-state index is 12.9. The molecule has 1 atom stereocenters. The van der Waals surface area contributed by atoms with Crippen LogP contribution in [0.2, 0.25) is 0 Å². The Morgan fingerprint density at radius 3 is 2.79 bits per heavy atom. The van der Waals surface area contributed by atoms with Gasteiger partial charge in [0, 0.05) is 45.0 Å². The molecule has 0 radical (unpaired) electrons. The van der Waals surface area contributed by atoms with Gasteiger partial charge in [-0.3, -0.25) is 14.6 Å². The molecule has 0 bridgehead atoms. The lowest BCUT2D eigenvalue weighted by Gasteiger charge is -2.24. The summed E-state index contributed by atoms with van der Waals surface area (Å²) in [5.74, 6) is 0.495. The number of hydrogen-bond acceptors (Lipinski definition) is 3. The molecule has 1 unspecified atom stereocenters. The summed E-state index contributed by atoms with van der Waals surface area (Å²) in [7, 11) is 3.08. The summed E-state index contributed by atoms with van der Waals surface area (Å²) in [4.78, 5) is 6.47. The van der Waals surface area contributed by atoms with Gasteiger partial charge >= 0.3 is 6.18 Å². The minimum Gasteiger partial charge on any atom is -0.355 e. The van der Waals surface area contributed by atoms with Crippen molar-refractivity contribution < 1.29 is 13.2 Å². The molecular formula is C15H25F3N6. The zero-order chi connectivity index (χ0) is 17.7. The molecule has 1 aliphatic heterocycles. The van der Waals surface area contributed by atoms with Crippen LogP contribution in [0, 0.1) is 0 Å². The predicted molar refractivity (Wildman–Crippen MR) is 86.7 cm³/mol. The molecule has 0 aromatic carbocycles. The maximum atomic E-state index is 12.9. The van der Waals surface area contributed by atoms with E-state index >= 15 is 0 Å². The van der Waals surface area contributed by atoms with E-state index in [1.54, 1.807) is 7.05 Å². The van der Waals surface area contributed by atoms with Crippen molar-refractivity contribution in [2.24, 2.45) is 12.0 Å². The van der Waals surface area contributed by atoms with Gasteiger partial charge in [-0.25, -0.2) is 0 Å². The first kappa shape index (κ1) is 18.6. The zero-order valence-electron chi connectivity index (χ0n) is 14.3. The Bertz CT molecular complexity index is 566. The highest BCUT2D eigenvalue weighted by Crippen LogP contribution is 2.30. The van der Waals surface area contributed by atoms with Gasteiger partial charge in [-0.15, -0.1) is 0 Å². The Morgan fingerprint density at radius 1 is 1.42 bits per heavy atom. The van der Waals surface area contributed by atoms with Crippen LogP contribution >= 0.6 is 0 Å². The molecule has 6 nitrogen and oxygen atoms in total. The molecule has 1 aliphatic rings. The van der Waals surface area contributed by atoms with E-state index in [2.05, 4.69) is 32.5 Å². The molecule has 1 saturated heterocycles. The van der Waals surface area contributed by atoms with E-state index in [4.69, 9.17) is 0 Å². The van der Waals surface area contributed by atoms with Gasteiger partial charge in [0.05, 0.1) is 0 Å². The van der Waals surface area contributed by atoms with Crippen molar-refractivity contribution in [2.45, 2.75) is 38.5 Å². The standard InChI is InChI=1S/C15H25F3N6/c1-4-24-7-5-6-12(24)9-21-14(19-2)20-8-11-10-23(3)22-13(11)15(16,17)18/h10,12H,4-9H2,1-3H3,(H2,19,20,21). The number of guanidine groups is 1. The smallest absolute Gasteiger partial charge is 0.355 e. The number of aryl methyl sites for hydroxylation is 1. The molecule has 136 valence electrons. The van der Waals surface area contributed by atoms with E-state index in [1.165, 1.54) is 24.3 Å². The summed E-state index contributed by atoms with van der Waals surface area (Å²) in [6, 6.07) is 0.442. The molecule has 9 heteroatoms. The fraction of sp³-hybridized carbons (Fsp3) is 0.733. The van der Waals surface area contributed by atoms with Gasteiger partial charge in [0.15, 0.2) is 11.7 Å². The average Bonchev–Trinajstić information content (AvgIpc) is 3.13. The first-order valence-electron chi connectivity index (χ1n) is 8.13. The zero-order valence-corrected chi connectivity index (χ0v) is 14.3. The molecule has 0 amide bonds. The molecule has 2 N–H and O–H groups in total. The lowest BCUT2D eigenvalue weighted by Crippen LogP contribution is -2.44. The topological polar surface area (TPSA) is 57.5 Å². The van der Waals surface area contributed by atoms with E-state index in [1.807, 2.05) is 0 Å². The number of aromatic nitrogens is 2. The second-order valence-corrected chi connectivity index (χ2v) is 5.91. The van der Waals surface area contributed by atoms with Gasteiger partial charge in [-0.05, 0) is 25.9 Å².